The second-order valence-electron chi connectivity index (χ2n) is 14.8. The molecule has 3 aromatic heterocycles. The molecule has 3 heterocycles. The molecule has 0 aliphatic heterocycles. The number of para-hydroxylation sites is 1. The summed E-state index contributed by atoms with van der Waals surface area (Å²) in [5, 5.41) is 104. The zero-order chi connectivity index (χ0) is 42.2. The van der Waals surface area contributed by atoms with Gasteiger partial charge in [0, 0.05) is 42.3 Å². The highest BCUT2D eigenvalue weighted by molar-refractivity contribution is 7.26. The molecule has 0 amide bonds. The van der Waals surface area contributed by atoms with Crippen molar-refractivity contribution >= 4 is 88.4 Å². The molecule has 0 fully saturated rings. The molecular weight excluding hydrogens is 791 g/mol. The van der Waals surface area contributed by atoms with Gasteiger partial charge in [0.05, 0.1) is 21.8 Å². The Kier molecular flexibility index (Phi) is 7.47. The van der Waals surface area contributed by atoms with Gasteiger partial charge >= 0.3 is 0 Å². The van der Waals surface area contributed by atoms with Crippen LogP contribution in [0.1, 0.15) is 0 Å². The lowest BCUT2D eigenvalue weighted by atomic mass is 9.89. The minimum absolute atomic E-state index is 0.0427. The first-order valence-electron chi connectivity index (χ1n) is 18.9. The molecule has 0 bridgehead atoms. The zero-order valence-corrected chi connectivity index (χ0v) is 32.3. The van der Waals surface area contributed by atoms with Gasteiger partial charge in [-0.15, -0.1) is 11.3 Å². The number of hydrogen-bond acceptors (Lipinski definition) is 10. The fourth-order valence-corrected chi connectivity index (χ4v) is 10.3. The van der Waals surface area contributed by atoms with Crippen LogP contribution < -0.4 is 5.46 Å². The standard InChI is InChI=1S/C48H29BN2O9S/c49-33-34-29(30-32-36(41(55)45(59)44(58)39(32)53)50(35(30)40(33)54)23-13-5-2-6-14-23)31-37(42(56)46(60)43(57)38(31)52)51(34)24-15-7-12-22(20-24)26-17-9-19-28-27-18-8-16-25(47(27)61-48(26)28)21-10-3-1-4-11-21/h1-20,52-60H. The lowest BCUT2D eigenvalue weighted by molar-refractivity contribution is 0.350. The third kappa shape index (κ3) is 4.68. The topological polar surface area (TPSA) is 192 Å². The van der Waals surface area contributed by atoms with Crippen molar-refractivity contribution in [2.24, 2.45) is 0 Å². The van der Waals surface area contributed by atoms with Crippen LogP contribution in [0.3, 0.4) is 0 Å². The molecule has 11 aromatic rings. The number of hydrogen-bond donors (Lipinski definition) is 9. The first-order valence-corrected chi connectivity index (χ1v) is 19.7. The van der Waals surface area contributed by atoms with Crippen molar-refractivity contribution in [3.8, 4) is 85.4 Å². The molecule has 2 radical (unpaired) electrons. The van der Waals surface area contributed by atoms with E-state index in [9.17, 15) is 46.0 Å². The van der Waals surface area contributed by atoms with Crippen LogP contribution in [0, 0.1) is 0 Å². The van der Waals surface area contributed by atoms with Crippen LogP contribution in [0.25, 0.3) is 97.4 Å². The van der Waals surface area contributed by atoms with Gasteiger partial charge in [-0.1, -0.05) is 97.1 Å². The Morgan fingerprint density at radius 1 is 0.361 bits per heavy atom. The van der Waals surface area contributed by atoms with Crippen LogP contribution >= 0.6 is 11.3 Å². The third-order valence-corrected chi connectivity index (χ3v) is 12.9. The molecule has 0 saturated carbocycles. The fourth-order valence-electron chi connectivity index (χ4n) is 8.97. The highest BCUT2D eigenvalue weighted by atomic mass is 32.1. The molecule has 11 nitrogen and oxygen atoms in total. The molecule has 0 atom stereocenters. The van der Waals surface area contributed by atoms with Crippen LogP contribution in [0.15, 0.2) is 121 Å². The van der Waals surface area contributed by atoms with Gasteiger partial charge in [0.1, 0.15) is 24.6 Å². The lowest BCUT2D eigenvalue weighted by Crippen LogP contribution is -2.11. The molecule has 0 saturated heterocycles. The van der Waals surface area contributed by atoms with Gasteiger partial charge in [-0.05, 0) is 52.0 Å². The first-order chi connectivity index (χ1) is 29.5. The molecule has 294 valence electrons. The fraction of sp³-hybridized carbons (Fsp3) is 0. The van der Waals surface area contributed by atoms with E-state index in [0.717, 1.165) is 42.4 Å². The highest BCUT2D eigenvalue weighted by Gasteiger charge is 2.34. The Hall–Kier alpha value is -8.16. The Morgan fingerprint density at radius 2 is 0.787 bits per heavy atom. The summed E-state index contributed by atoms with van der Waals surface area (Å²) in [7, 11) is 6.90. The molecule has 0 aliphatic rings. The van der Waals surface area contributed by atoms with E-state index >= 15 is 0 Å². The zero-order valence-electron chi connectivity index (χ0n) is 31.5. The van der Waals surface area contributed by atoms with Crippen molar-refractivity contribution in [2.45, 2.75) is 0 Å². The van der Waals surface area contributed by atoms with Crippen molar-refractivity contribution < 1.29 is 46.0 Å². The Morgan fingerprint density at radius 3 is 1.36 bits per heavy atom. The predicted octanol–water partition coefficient (Wildman–Crippen LogP) is 9.73. The van der Waals surface area contributed by atoms with Crippen LogP contribution in [-0.2, 0) is 0 Å². The van der Waals surface area contributed by atoms with Gasteiger partial charge in [-0.25, -0.2) is 0 Å². The number of thiophene rings is 1. The van der Waals surface area contributed by atoms with E-state index in [4.69, 9.17) is 7.85 Å². The summed E-state index contributed by atoms with van der Waals surface area (Å²) in [4.78, 5) is 0. The molecule has 9 N–H and O–H groups in total. The van der Waals surface area contributed by atoms with E-state index in [0.29, 0.717) is 11.4 Å². The molecule has 11 rings (SSSR count). The monoisotopic (exact) mass is 820 g/mol. The van der Waals surface area contributed by atoms with Gasteiger partial charge < -0.3 is 55.1 Å². The van der Waals surface area contributed by atoms with Gasteiger partial charge in [-0.3, -0.25) is 0 Å². The molecule has 0 unspecified atom stereocenters. The number of rotatable bonds is 4. The maximum Gasteiger partial charge on any atom is 0.206 e. The molecule has 13 heteroatoms. The summed E-state index contributed by atoms with van der Waals surface area (Å²) in [6.07, 6.45) is 0. The van der Waals surface area contributed by atoms with E-state index < -0.39 is 51.7 Å². The van der Waals surface area contributed by atoms with Crippen LogP contribution in [0.2, 0.25) is 0 Å². The average Bonchev–Trinajstić information content (AvgIpc) is 3.97. The summed E-state index contributed by atoms with van der Waals surface area (Å²) in [5.74, 6) is -8.27. The largest absolute Gasteiger partial charge is 0.506 e. The summed E-state index contributed by atoms with van der Waals surface area (Å²) in [6.45, 7) is 0. The number of phenols is 9. The number of fused-ring (bicyclic) bond motifs is 10. The van der Waals surface area contributed by atoms with Gasteiger partial charge in [0.25, 0.3) is 0 Å². The SMILES string of the molecule is [B]c1c(O)c2c(c3c(O)c(O)c(O)c(O)c3n2-c2ccccc2)c2c3c(O)c(O)c(O)c(O)c3n(-c3cccc(-c4cccc5c4sc4c(-c6ccccc6)cccc45)c3)c12. The molecule has 61 heavy (non-hydrogen) atoms. The Labute approximate surface area is 349 Å². The average molecular weight is 821 g/mol. The molecule has 8 aromatic carbocycles. The first kappa shape index (κ1) is 36.0. The van der Waals surface area contributed by atoms with Crippen molar-refractivity contribution in [3.05, 3.63) is 121 Å². The van der Waals surface area contributed by atoms with E-state index in [2.05, 4.69) is 30.3 Å². The number of benzene rings is 8. The van der Waals surface area contributed by atoms with E-state index in [1.165, 1.54) is 9.13 Å². The van der Waals surface area contributed by atoms with Crippen LogP contribution in [-0.4, -0.2) is 62.9 Å². The minimum atomic E-state index is -1.07. The van der Waals surface area contributed by atoms with Crippen LogP contribution in [0.5, 0.6) is 51.7 Å². The van der Waals surface area contributed by atoms with E-state index in [1.54, 1.807) is 53.8 Å². The quantitative estimate of drug-likeness (QED) is 0.0472. The van der Waals surface area contributed by atoms with E-state index in [-0.39, 0.29) is 49.1 Å². The maximum atomic E-state index is 12.2. The summed E-state index contributed by atoms with van der Waals surface area (Å²) in [5.41, 5.74) is 3.51. The molecule has 0 aliphatic carbocycles. The second kappa shape index (κ2) is 12.7. The number of aromatic nitrogens is 2. The molecular formula is C48H29BN2O9S. The Bertz CT molecular complexity index is 3710. The van der Waals surface area contributed by atoms with Crippen molar-refractivity contribution in [3.63, 3.8) is 0 Å². The van der Waals surface area contributed by atoms with Gasteiger partial charge in [0.2, 0.25) is 23.0 Å². The van der Waals surface area contributed by atoms with Crippen molar-refractivity contribution in [1.82, 2.24) is 9.13 Å². The number of phenolic OH excluding ortho intramolecular Hbond substituents is 9. The predicted molar refractivity (Wildman–Crippen MR) is 239 cm³/mol. The van der Waals surface area contributed by atoms with Crippen molar-refractivity contribution in [1.29, 1.82) is 0 Å². The Balaban J connectivity index is 1.28. The summed E-state index contributed by atoms with van der Waals surface area (Å²) >= 11 is 1.65. The summed E-state index contributed by atoms with van der Waals surface area (Å²) in [6, 6.07) is 38.0. The summed E-state index contributed by atoms with van der Waals surface area (Å²) < 4.78 is 4.85. The normalized spacial score (nSPS) is 11.9. The maximum absolute atomic E-state index is 12.2. The minimum Gasteiger partial charge on any atom is -0.506 e. The second-order valence-corrected chi connectivity index (χ2v) is 15.9. The number of nitrogens with zero attached hydrogens (tertiary/aromatic N) is 2. The third-order valence-electron chi connectivity index (χ3n) is 11.6. The van der Waals surface area contributed by atoms with Crippen LogP contribution in [0.4, 0.5) is 0 Å². The highest BCUT2D eigenvalue weighted by Crippen LogP contribution is 2.59. The molecule has 0 spiro atoms. The number of aromatic hydroxyl groups is 9. The van der Waals surface area contributed by atoms with Gasteiger partial charge in [0.15, 0.2) is 23.0 Å². The smallest absolute Gasteiger partial charge is 0.206 e. The van der Waals surface area contributed by atoms with Gasteiger partial charge in [-0.2, -0.15) is 0 Å². The van der Waals surface area contributed by atoms with Crippen molar-refractivity contribution in [2.75, 3.05) is 0 Å². The lowest BCUT2D eigenvalue weighted by Gasteiger charge is -2.15. The van der Waals surface area contributed by atoms with E-state index in [1.807, 2.05) is 48.5 Å².